The van der Waals surface area contributed by atoms with Gasteiger partial charge < -0.3 is 0 Å². The van der Waals surface area contributed by atoms with E-state index in [1.54, 1.807) is 12.3 Å². The number of carbonyl (C=O) groups is 1. The zero-order valence-corrected chi connectivity index (χ0v) is 12.8. The number of pyridine rings is 1. The molecule has 0 atom stereocenters. The third-order valence-electron chi connectivity index (χ3n) is 3.08. The SMILES string of the molecule is CCc1nnc(NC(=O)/C=C/c2cccc3cccnc23)s1. The molecule has 0 aliphatic carbocycles. The molecule has 0 aliphatic heterocycles. The van der Waals surface area contributed by atoms with Crippen LogP contribution in [-0.4, -0.2) is 21.1 Å². The summed E-state index contributed by atoms with van der Waals surface area (Å²) in [5.41, 5.74) is 1.78. The molecule has 110 valence electrons. The number of hydrogen-bond donors (Lipinski definition) is 1. The van der Waals surface area contributed by atoms with Crippen molar-refractivity contribution >= 4 is 39.4 Å². The molecule has 1 aromatic carbocycles. The highest BCUT2D eigenvalue weighted by Gasteiger charge is 2.05. The Hall–Kier alpha value is -2.60. The second-order valence-electron chi connectivity index (χ2n) is 4.60. The minimum absolute atomic E-state index is 0.230. The Morgan fingerprint density at radius 3 is 2.95 bits per heavy atom. The van der Waals surface area contributed by atoms with Crippen LogP contribution in [0.3, 0.4) is 0 Å². The maximum atomic E-state index is 11.9. The molecule has 0 saturated heterocycles. The third kappa shape index (κ3) is 3.17. The van der Waals surface area contributed by atoms with Gasteiger partial charge in [-0.1, -0.05) is 42.5 Å². The molecule has 6 heteroatoms. The number of nitrogens with zero attached hydrogens (tertiary/aromatic N) is 3. The van der Waals surface area contributed by atoms with Gasteiger partial charge in [-0.2, -0.15) is 0 Å². The van der Waals surface area contributed by atoms with Crippen LogP contribution in [0.2, 0.25) is 0 Å². The fourth-order valence-electron chi connectivity index (χ4n) is 2.02. The van der Waals surface area contributed by atoms with Crippen molar-refractivity contribution in [2.75, 3.05) is 5.32 Å². The first-order chi connectivity index (χ1) is 10.8. The van der Waals surface area contributed by atoms with Crippen molar-refractivity contribution in [2.45, 2.75) is 13.3 Å². The van der Waals surface area contributed by atoms with Gasteiger partial charge in [-0.15, -0.1) is 10.2 Å². The van der Waals surface area contributed by atoms with Gasteiger partial charge in [-0.25, -0.2) is 0 Å². The quantitative estimate of drug-likeness (QED) is 0.751. The van der Waals surface area contributed by atoms with Crippen LogP contribution in [-0.2, 0) is 11.2 Å². The highest BCUT2D eigenvalue weighted by Crippen LogP contribution is 2.18. The number of fused-ring (bicyclic) bond motifs is 1. The predicted octanol–water partition coefficient (Wildman–Crippen LogP) is 3.30. The van der Waals surface area contributed by atoms with Gasteiger partial charge in [0.2, 0.25) is 11.0 Å². The Kier molecular flexibility index (Phi) is 4.20. The molecule has 22 heavy (non-hydrogen) atoms. The fraction of sp³-hybridized carbons (Fsp3) is 0.125. The molecule has 0 unspecified atom stereocenters. The Labute approximate surface area is 131 Å². The summed E-state index contributed by atoms with van der Waals surface area (Å²) in [7, 11) is 0. The van der Waals surface area contributed by atoms with E-state index in [-0.39, 0.29) is 5.91 Å². The van der Waals surface area contributed by atoms with E-state index in [0.717, 1.165) is 27.9 Å². The Morgan fingerprint density at radius 1 is 1.27 bits per heavy atom. The van der Waals surface area contributed by atoms with Crippen molar-refractivity contribution in [2.24, 2.45) is 0 Å². The van der Waals surface area contributed by atoms with E-state index in [2.05, 4.69) is 20.5 Å². The number of para-hydroxylation sites is 1. The minimum Gasteiger partial charge on any atom is -0.297 e. The molecule has 0 aliphatic rings. The summed E-state index contributed by atoms with van der Waals surface area (Å²) in [5.74, 6) is -0.230. The third-order valence-corrected chi connectivity index (χ3v) is 4.06. The monoisotopic (exact) mass is 310 g/mol. The van der Waals surface area contributed by atoms with Gasteiger partial charge in [0.1, 0.15) is 5.01 Å². The second-order valence-corrected chi connectivity index (χ2v) is 5.66. The second kappa shape index (κ2) is 6.44. The molecule has 2 aromatic heterocycles. The van der Waals surface area contributed by atoms with Gasteiger partial charge in [-0.05, 0) is 18.6 Å². The smallest absolute Gasteiger partial charge is 0.250 e. The summed E-state index contributed by atoms with van der Waals surface area (Å²) in [6, 6.07) is 9.75. The minimum atomic E-state index is -0.230. The highest BCUT2D eigenvalue weighted by molar-refractivity contribution is 7.15. The lowest BCUT2D eigenvalue weighted by Gasteiger charge is -2.00. The number of carbonyl (C=O) groups excluding carboxylic acids is 1. The van der Waals surface area contributed by atoms with Crippen molar-refractivity contribution in [1.29, 1.82) is 0 Å². The summed E-state index contributed by atoms with van der Waals surface area (Å²) in [6.07, 6.45) is 5.79. The lowest BCUT2D eigenvalue weighted by atomic mass is 10.1. The summed E-state index contributed by atoms with van der Waals surface area (Å²) in [4.78, 5) is 16.3. The van der Waals surface area contributed by atoms with Gasteiger partial charge >= 0.3 is 0 Å². The summed E-state index contributed by atoms with van der Waals surface area (Å²) in [5, 5.41) is 13.1. The van der Waals surface area contributed by atoms with Crippen molar-refractivity contribution < 1.29 is 4.79 Å². The van der Waals surface area contributed by atoms with Crippen LogP contribution in [0.15, 0.2) is 42.6 Å². The van der Waals surface area contributed by atoms with E-state index < -0.39 is 0 Å². The molecular weight excluding hydrogens is 296 g/mol. The zero-order chi connectivity index (χ0) is 15.4. The van der Waals surface area contributed by atoms with Crippen LogP contribution in [0.4, 0.5) is 5.13 Å². The summed E-state index contributed by atoms with van der Waals surface area (Å²) < 4.78 is 0. The van der Waals surface area contributed by atoms with Crippen LogP contribution in [0.5, 0.6) is 0 Å². The standard InChI is InChI=1S/C16H14N4OS/c1-2-14-19-20-16(22-14)18-13(21)9-8-12-6-3-5-11-7-4-10-17-15(11)12/h3-10H,2H2,1H3,(H,18,20,21)/b9-8+. The van der Waals surface area contributed by atoms with E-state index >= 15 is 0 Å². The highest BCUT2D eigenvalue weighted by atomic mass is 32.1. The number of anilines is 1. The van der Waals surface area contributed by atoms with E-state index in [0.29, 0.717) is 5.13 Å². The molecule has 0 radical (unpaired) electrons. The maximum Gasteiger partial charge on any atom is 0.250 e. The number of nitrogens with one attached hydrogen (secondary N) is 1. The number of benzene rings is 1. The summed E-state index contributed by atoms with van der Waals surface area (Å²) >= 11 is 1.39. The van der Waals surface area contributed by atoms with Gasteiger partial charge in [0, 0.05) is 23.2 Å². The van der Waals surface area contributed by atoms with Crippen molar-refractivity contribution in [3.63, 3.8) is 0 Å². The fourth-order valence-corrected chi connectivity index (χ4v) is 2.70. The van der Waals surface area contributed by atoms with Crippen LogP contribution in [0.25, 0.3) is 17.0 Å². The molecule has 0 saturated carbocycles. The first-order valence-electron chi connectivity index (χ1n) is 6.91. The Balaban J connectivity index is 1.76. The molecule has 0 spiro atoms. The molecular formula is C16H14N4OS. The first-order valence-corrected chi connectivity index (χ1v) is 7.73. The van der Waals surface area contributed by atoms with E-state index in [1.165, 1.54) is 17.4 Å². The first kappa shape index (κ1) is 14.3. The number of hydrogen-bond acceptors (Lipinski definition) is 5. The maximum absolute atomic E-state index is 11.9. The number of aryl methyl sites for hydroxylation is 1. The number of aromatic nitrogens is 3. The molecule has 3 rings (SSSR count). The van der Waals surface area contributed by atoms with Gasteiger partial charge in [0.15, 0.2) is 0 Å². The Bertz CT molecular complexity index is 836. The lowest BCUT2D eigenvalue weighted by molar-refractivity contribution is -0.111. The van der Waals surface area contributed by atoms with E-state index in [1.807, 2.05) is 37.3 Å². The normalized spacial score (nSPS) is 11.1. The lowest BCUT2D eigenvalue weighted by Crippen LogP contribution is -2.07. The van der Waals surface area contributed by atoms with E-state index in [9.17, 15) is 4.79 Å². The van der Waals surface area contributed by atoms with Crippen molar-refractivity contribution in [3.8, 4) is 0 Å². The predicted molar refractivity (Wildman–Crippen MR) is 88.7 cm³/mol. The van der Waals surface area contributed by atoms with Gasteiger partial charge in [0.25, 0.3) is 0 Å². The van der Waals surface area contributed by atoms with Crippen molar-refractivity contribution in [3.05, 3.63) is 53.2 Å². The number of rotatable bonds is 4. The van der Waals surface area contributed by atoms with E-state index in [4.69, 9.17) is 0 Å². The average Bonchev–Trinajstić information content (AvgIpc) is 3.00. The zero-order valence-electron chi connectivity index (χ0n) is 12.0. The van der Waals surface area contributed by atoms with Crippen LogP contribution in [0, 0.1) is 0 Å². The molecule has 2 heterocycles. The molecule has 0 fully saturated rings. The van der Waals surface area contributed by atoms with Gasteiger partial charge in [0.05, 0.1) is 5.52 Å². The Morgan fingerprint density at radius 2 is 2.14 bits per heavy atom. The summed E-state index contributed by atoms with van der Waals surface area (Å²) in [6.45, 7) is 2.00. The van der Waals surface area contributed by atoms with Gasteiger partial charge in [-0.3, -0.25) is 15.1 Å². The van der Waals surface area contributed by atoms with Crippen LogP contribution < -0.4 is 5.32 Å². The van der Waals surface area contributed by atoms with Crippen molar-refractivity contribution in [1.82, 2.24) is 15.2 Å². The van der Waals surface area contributed by atoms with Crippen LogP contribution >= 0.6 is 11.3 Å². The topological polar surface area (TPSA) is 67.8 Å². The molecule has 3 aromatic rings. The molecule has 1 N–H and O–H groups in total. The number of amides is 1. The van der Waals surface area contributed by atoms with Crippen LogP contribution in [0.1, 0.15) is 17.5 Å². The molecule has 0 bridgehead atoms. The molecule has 5 nitrogen and oxygen atoms in total. The largest absolute Gasteiger partial charge is 0.297 e. The molecule has 1 amide bonds. The average molecular weight is 310 g/mol.